The Morgan fingerprint density at radius 3 is 2.94 bits per heavy atom. The zero-order chi connectivity index (χ0) is 11.8. The lowest BCUT2D eigenvalue weighted by molar-refractivity contribution is 0.149. The Morgan fingerprint density at radius 2 is 2.25 bits per heavy atom. The molecule has 1 unspecified atom stereocenters. The molecule has 0 spiro atoms. The van der Waals surface area contributed by atoms with Crippen molar-refractivity contribution in [3.05, 3.63) is 11.7 Å². The molecule has 0 aromatic carbocycles. The fourth-order valence-electron chi connectivity index (χ4n) is 1.33. The molecule has 1 aromatic heterocycles. The normalized spacial score (nSPS) is 12.9. The molecule has 0 aliphatic heterocycles. The summed E-state index contributed by atoms with van der Waals surface area (Å²) in [6.45, 7) is 9.31. The first-order valence-corrected chi connectivity index (χ1v) is 5.88. The van der Waals surface area contributed by atoms with E-state index in [9.17, 15) is 0 Å². The predicted octanol–water partition coefficient (Wildman–Crippen LogP) is 1.36. The summed E-state index contributed by atoms with van der Waals surface area (Å²) in [7, 11) is 0. The van der Waals surface area contributed by atoms with Crippen LogP contribution in [0.3, 0.4) is 0 Å². The van der Waals surface area contributed by atoms with Crippen molar-refractivity contribution in [3.63, 3.8) is 0 Å². The van der Waals surface area contributed by atoms with E-state index in [0.29, 0.717) is 18.9 Å². The van der Waals surface area contributed by atoms with Crippen LogP contribution in [0, 0.1) is 0 Å². The number of hydrogen-bond donors (Lipinski definition) is 1. The Labute approximate surface area is 96.6 Å². The number of rotatable bonds is 8. The molecular formula is C11H21N3O2. The van der Waals surface area contributed by atoms with Crippen molar-refractivity contribution in [3.8, 4) is 0 Å². The molecular weight excluding hydrogens is 206 g/mol. The number of nitrogens with one attached hydrogen (secondary N) is 1. The number of nitrogens with zero attached hydrogens (tertiary/aromatic N) is 2. The number of aromatic nitrogens is 2. The average Bonchev–Trinajstić information content (AvgIpc) is 2.75. The van der Waals surface area contributed by atoms with Gasteiger partial charge in [0, 0.05) is 25.5 Å². The third-order valence-electron chi connectivity index (χ3n) is 2.28. The van der Waals surface area contributed by atoms with Crippen molar-refractivity contribution in [2.75, 3.05) is 26.3 Å². The lowest BCUT2D eigenvalue weighted by Gasteiger charge is -2.05. The molecule has 5 heteroatoms. The van der Waals surface area contributed by atoms with Gasteiger partial charge in [0.25, 0.3) is 0 Å². The third kappa shape index (κ3) is 4.28. The molecule has 0 bridgehead atoms. The number of hydrogen-bond acceptors (Lipinski definition) is 5. The summed E-state index contributed by atoms with van der Waals surface area (Å²) in [4.78, 5) is 4.34. The van der Waals surface area contributed by atoms with E-state index in [1.165, 1.54) is 0 Å². The summed E-state index contributed by atoms with van der Waals surface area (Å²) >= 11 is 0. The van der Waals surface area contributed by atoms with Gasteiger partial charge >= 0.3 is 0 Å². The molecule has 0 aliphatic rings. The molecule has 1 aromatic rings. The second-order valence-corrected chi connectivity index (χ2v) is 3.70. The van der Waals surface area contributed by atoms with Gasteiger partial charge in [-0.2, -0.15) is 4.98 Å². The highest BCUT2D eigenvalue weighted by atomic mass is 16.5. The molecule has 0 aliphatic carbocycles. The molecule has 0 saturated heterocycles. The summed E-state index contributed by atoms with van der Waals surface area (Å²) in [5, 5.41) is 7.18. The summed E-state index contributed by atoms with van der Waals surface area (Å²) in [6.07, 6.45) is 0.714. The van der Waals surface area contributed by atoms with E-state index in [4.69, 9.17) is 9.26 Å². The van der Waals surface area contributed by atoms with Gasteiger partial charge in [0.1, 0.15) is 0 Å². The van der Waals surface area contributed by atoms with E-state index in [0.717, 1.165) is 25.5 Å². The van der Waals surface area contributed by atoms with Crippen LogP contribution in [0.1, 0.15) is 38.4 Å². The molecule has 5 nitrogen and oxygen atoms in total. The van der Waals surface area contributed by atoms with Crippen molar-refractivity contribution in [2.45, 2.75) is 33.1 Å². The highest BCUT2D eigenvalue weighted by Gasteiger charge is 2.13. The summed E-state index contributed by atoms with van der Waals surface area (Å²) < 4.78 is 10.4. The highest BCUT2D eigenvalue weighted by Crippen LogP contribution is 2.11. The molecule has 1 N–H and O–H groups in total. The van der Waals surface area contributed by atoms with Crippen molar-refractivity contribution >= 4 is 0 Å². The Kier molecular flexibility index (Phi) is 6.03. The molecule has 1 atom stereocenters. The van der Waals surface area contributed by atoms with Crippen LogP contribution in [-0.4, -0.2) is 36.4 Å². The first-order chi connectivity index (χ1) is 7.77. The standard InChI is InChI=1S/C11H21N3O2/c1-4-12-8-9(3)11-13-10(14-16-11)6-7-15-5-2/h9,12H,4-8H2,1-3H3. The van der Waals surface area contributed by atoms with E-state index in [-0.39, 0.29) is 5.92 Å². The van der Waals surface area contributed by atoms with Gasteiger partial charge in [0.2, 0.25) is 5.89 Å². The Hall–Kier alpha value is -0.940. The van der Waals surface area contributed by atoms with Crippen molar-refractivity contribution in [1.82, 2.24) is 15.5 Å². The van der Waals surface area contributed by atoms with Gasteiger partial charge in [0.15, 0.2) is 5.82 Å². The maximum atomic E-state index is 5.24. The van der Waals surface area contributed by atoms with Gasteiger partial charge in [-0.25, -0.2) is 0 Å². The molecule has 92 valence electrons. The van der Waals surface area contributed by atoms with Crippen LogP contribution in [-0.2, 0) is 11.2 Å². The first-order valence-electron chi connectivity index (χ1n) is 5.88. The van der Waals surface area contributed by atoms with Crippen LogP contribution in [0.4, 0.5) is 0 Å². The monoisotopic (exact) mass is 227 g/mol. The fraction of sp³-hybridized carbons (Fsp3) is 0.818. The molecule has 0 radical (unpaired) electrons. The molecule has 16 heavy (non-hydrogen) atoms. The Morgan fingerprint density at radius 1 is 1.44 bits per heavy atom. The summed E-state index contributed by atoms with van der Waals surface area (Å²) in [6, 6.07) is 0. The Balaban J connectivity index is 2.37. The predicted molar refractivity (Wildman–Crippen MR) is 61.5 cm³/mol. The molecule has 0 amide bonds. The summed E-state index contributed by atoms with van der Waals surface area (Å²) in [5.41, 5.74) is 0. The Bertz CT molecular complexity index is 289. The maximum absolute atomic E-state index is 5.24. The van der Waals surface area contributed by atoms with Crippen LogP contribution >= 0.6 is 0 Å². The zero-order valence-electron chi connectivity index (χ0n) is 10.3. The number of likely N-dealkylation sites (N-methyl/N-ethyl adjacent to an activating group) is 1. The minimum Gasteiger partial charge on any atom is -0.381 e. The van der Waals surface area contributed by atoms with E-state index >= 15 is 0 Å². The van der Waals surface area contributed by atoms with Gasteiger partial charge < -0.3 is 14.6 Å². The second kappa shape index (κ2) is 7.35. The van der Waals surface area contributed by atoms with Crippen molar-refractivity contribution < 1.29 is 9.26 Å². The van der Waals surface area contributed by atoms with E-state index in [1.54, 1.807) is 0 Å². The smallest absolute Gasteiger partial charge is 0.230 e. The fourth-order valence-corrected chi connectivity index (χ4v) is 1.33. The van der Waals surface area contributed by atoms with Crippen molar-refractivity contribution in [2.24, 2.45) is 0 Å². The minimum atomic E-state index is 0.258. The van der Waals surface area contributed by atoms with E-state index in [2.05, 4.69) is 29.3 Å². The van der Waals surface area contributed by atoms with Gasteiger partial charge in [-0.1, -0.05) is 19.0 Å². The minimum absolute atomic E-state index is 0.258. The summed E-state index contributed by atoms with van der Waals surface area (Å²) in [5.74, 6) is 1.69. The van der Waals surface area contributed by atoms with E-state index in [1.807, 2.05) is 6.92 Å². The third-order valence-corrected chi connectivity index (χ3v) is 2.28. The quantitative estimate of drug-likeness (QED) is 0.679. The lowest BCUT2D eigenvalue weighted by atomic mass is 10.2. The topological polar surface area (TPSA) is 60.2 Å². The van der Waals surface area contributed by atoms with Gasteiger partial charge in [-0.05, 0) is 13.5 Å². The van der Waals surface area contributed by atoms with Gasteiger partial charge in [-0.3, -0.25) is 0 Å². The zero-order valence-corrected chi connectivity index (χ0v) is 10.3. The van der Waals surface area contributed by atoms with Crippen LogP contribution in [0.5, 0.6) is 0 Å². The molecule has 1 rings (SSSR count). The molecule has 1 heterocycles. The van der Waals surface area contributed by atoms with Gasteiger partial charge in [-0.15, -0.1) is 0 Å². The first kappa shape index (κ1) is 13.1. The van der Waals surface area contributed by atoms with Crippen LogP contribution in [0.2, 0.25) is 0 Å². The lowest BCUT2D eigenvalue weighted by Crippen LogP contribution is -2.19. The molecule has 0 saturated carbocycles. The van der Waals surface area contributed by atoms with Crippen LogP contribution in [0.25, 0.3) is 0 Å². The van der Waals surface area contributed by atoms with E-state index < -0.39 is 0 Å². The van der Waals surface area contributed by atoms with Crippen molar-refractivity contribution in [1.29, 1.82) is 0 Å². The SMILES string of the molecule is CCNCC(C)c1nc(CCOCC)no1. The van der Waals surface area contributed by atoms with Crippen LogP contribution < -0.4 is 5.32 Å². The second-order valence-electron chi connectivity index (χ2n) is 3.70. The van der Waals surface area contributed by atoms with Gasteiger partial charge in [0.05, 0.1) is 6.61 Å². The maximum Gasteiger partial charge on any atom is 0.230 e. The average molecular weight is 227 g/mol. The molecule has 0 fully saturated rings. The number of ether oxygens (including phenoxy) is 1. The highest BCUT2D eigenvalue weighted by molar-refractivity contribution is 4.93. The largest absolute Gasteiger partial charge is 0.381 e. The van der Waals surface area contributed by atoms with Crippen LogP contribution in [0.15, 0.2) is 4.52 Å².